The standard InChI is InChI=1S/C20H23NO3S/c1-11(2)13-5-7-14(8-6-13)16-12(3)25-19(17(16)20(23)24-4)21-18(22)15-9-10-15/h5-8,11,15H,9-10H2,1-4H3,(H,21,22). The van der Waals surface area contributed by atoms with Crippen molar-refractivity contribution in [2.24, 2.45) is 5.92 Å². The van der Waals surface area contributed by atoms with Gasteiger partial charge in [-0.2, -0.15) is 0 Å². The van der Waals surface area contributed by atoms with E-state index in [1.807, 2.05) is 19.1 Å². The van der Waals surface area contributed by atoms with Gasteiger partial charge in [0, 0.05) is 16.4 Å². The minimum absolute atomic E-state index is 0.00638. The molecule has 5 heteroatoms. The summed E-state index contributed by atoms with van der Waals surface area (Å²) in [6, 6.07) is 8.23. The van der Waals surface area contributed by atoms with Gasteiger partial charge in [0.1, 0.15) is 10.6 Å². The Morgan fingerprint density at radius 2 is 1.84 bits per heavy atom. The Balaban J connectivity index is 2.03. The number of esters is 1. The monoisotopic (exact) mass is 357 g/mol. The molecule has 1 aromatic carbocycles. The van der Waals surface area contributed by atoms with Gasteiger partial charge in [-0.15, -0.1) is 11.3 Å². The number of carbonyl (C=O) groups excluding carboxylic acids is 2. The Morgan fingerprint density at radius 1 is 1.20 bits per heavy atom. The molecule has 1 aliphatic rings. The molecule has 1 N–H and O–H groups in total. The second-order valence-electron chi connectivity index (χ2n) is 6.77. The molecule has 0 saturated heterocycles. The van der Waals surface area contributed by atoms with Crippen molar-refractivity contribution in [1.82, 2.24) is 0 Å². The number of amides is 1. The lowest BCUT2D eigenvalue weighted by Crippen LogP contribution is -2.15. The maximum atomic E-state index is 12.4. The molecular weight excluding hydrogens is 334 g/mol. The average molecular weight is 357 g/mol. The number of ether oxygens (including phenoxy) is 1. The van der Waals surface area contributed by atoms with Gasteiger partial charge in [-0.25, -0.2) is 4.79 Å². The Bertz CT molecular complexity index is 801. The van der Waals surface area contributed by atoms with E-state index in [4.69, 9.17) is 4.74 Å². The molecule has 1 amide bonds. The summed E-state index contributed by atoms with van der Waals surface area (Å²) in [6.07, 6.45) is 1.85. The molecule has 1 heterocycles. The van der Waals surface area contributed by atoms with Crippen LogP contribution in [0.25, 0.3) is 11.1 Å². The van der Waals surface area contributed by atoms with Crippen LogP contribution in [0.5, 0.6) is 0 Å². The first-order valence-electron chi connectivity index (χ1n) is 8.55. The summed E-state index contributed by atoms with van der Waals surface area (Å²) >= 11 is 1.43. The summed E-state index contributed by atoms with van der Waals surface area (Å²) in [5.41, 5.74) is 3.51. The number of nitrogens with one attached hydrogen (secondary N) is 1. The lowest BCUT2D eigenvalue weighted by atomic mass is 9.97. The predicted molar refractivity (Wildman–Crippen MR) is 101 cm³/mol. The maximum Gasteiger partial charge on any atom is 0.341 e. The summed E-state index contributed by atoms with van der Waals surface area (Å²) in [5, 5.41) is 3.51. The fourth-order valence-electron chi connectivity index (χ4n) is 2.87. The first-order valence-corrected chi connectivity index (χ1v) is 9.37. The Labute approximate surface area is 152 Å². The van der Waals surface area contributed by atoms with Crippen molar-refractivity contribution in [2.75, 3.05) is 12.4 Å². The molecule has 3 rings (SSSR count). The van der Waals surface area contributed by atoms with Crippen LogP contribution in [0.15, 0.2) is 24.3 Å². The number of rotatable bonds is 5. The first kappa shape index (κ1) is 17.7. The Kier molecular flexibility index (Phi) is 4.95. The largest absolute Gasteiger partial charge is 0.465 e. The van der Waals surface area contributed by atoms with E-state index in [1.165, 1.54) is 24.0 Å². The number of aryl methyl sites for hydroxylation is 1. The molecule has 1 saturated carbocycles. The van der Waals surface area contributed by atoms with Crippen LogP contribution in [0.3, 0.4) is 0 Å². The highest BCUT2D eigenvalue weighted by Crippen LogP contribution is 2.41. The van der Waals surface area contributed by atoms with E-state index in [0.717, 1.165) is 28.8 Å². The minimum atomic E-state index is -0.418. The van der Waals surface area contributed by atoms with Crippen LogP contribution in [0, 0.1) is 12.8 Å². The van der Waals surface area contributed by atoms with Crippen molar-refractivity contribution in [1.29, 1.82) is 0 Å². The Morgan fingerprint density at radius 3 is 2.36 bits per heavy atom. The van der Waals surface area contributed by atoms with Crippen LogP contribution in [-0.4, -0.2) is 19.0 Å². The third-order valence-electron chi connectivity index (χ3n) is 4.52. The SMILES string of the molecule is COC(=O)c1c(NC(=O)C2CC2)sc(C)c1-c1ccc(C(C)C)cc1. The van der Waals surface area contributed by atoms with E-state index in [2.05, 4.69) is 31.3 Å². The smallest absolute Gasteiger partial charge is 0.341 e. The highest BCUT2D eigenvalue weighted by Gasteiger charge is 2.32. The van der Waals surface area contributed by atoms with Crippen molar-refractivity contribution in [2.45, 2.75) is 39.5 Å². The molecule has 25 heavy (non-hydrogen) atoms. The van der Waals surface area contributed by atoms with E-state index < -0.39 is 5.97 Å². The number of carbonyl (C=O) groups is 2. The van der Waals surface area contributed by atoms with Crippen LogP contribution in [0.2, 0.25) is 0 Å². The molecule has 0 aliphatic heterocycles. The van der Waals surface area contributed by atoms with Crippen molar-refractivity contribution < 1.29 is 14.3 Å². The Hall–Kier alpha value is -2.14. The fourth-order valence-corrected chi connectivity index (χ4v) is 3.94. The molecule has 1 aliphatic carbocycles. The third-order valence-corrected chi connectivity index (χ3v) is 5.55. The molecule has 4 nitrogen and oxygen atoms in total. The quantitative estimate of drug-likeness (QED) is 0.768. The van der Waals surface area contributed by atoms with Gasteiger partial charge in [-0.3, -0.25) is 4.79 Å². The maximum absolute atomic E-state index is 12.4. The van der Waals surface area contributed by atoms with Crippen LogP contribution < -0.4 is 5.32 Å². The summed E-state index contributed by atoms with van der Waals surface area (Å²) < 4.78 is 4.99. The number of methoxy groups -OCH3 is 1. The number of benzene rings is 1. The highest BCUT2D eigenvalue weighted by molar-refractivity contribution is 7.17. The van der Waals surface area contributed by atoms with Crippen molar-refractivity contribution >= 4 is 28.2 Å². The summed E-state index contributed by atoms with van der Waals surface area (Å²) in [7, 11) is 1.37. The van der Waals surface area contributed by atoms with E-state index in [-0.39, 0.29) is 11.8 Å². The topological polar surface area (TPSA) is 55.4 Å². The lowest BCUT2D eigenvalue weighted by molar-refractivity contribution is -0.117. The zero-order valence-electron chi connectivity index (χ0n) is 15.0. The molecular formula is C20H23NO3S. The van der Waals surface area contributed by atoms with Gasteiger partial charge in [0.2, 0.25) is 5.91 Å². The molecule has 0 bridgehead atoms. The molecule has 0 atom stereocenters. The zero-order chi connectivity index (χ0) is 18.1. The van der Waals surface area contributed by atoms with Crippen LogP contribution in [0.1, 0.15) is 53.4 Å². The van der Waals surface area contributed by atoms with E-state index in [9.17, 15) is 9.59 Å². The van der Waals surface area contributed by atoms with Gasteiger partial charge in [0.05, 0.1) is 7.11 Å². The molecule has 0 spiro atoms. The van der Waals surface area contributed by atoms with Gasteiger partial charge in [-0.05, 0) is 36.8 Å². The summed E-state index contributed by atoms with van der Waals surface area (Å²) in [6.45, 7) is 6.27. The van der Waals surface area contributed by atoms with Gasteiger partial charge >= 0.3 is 5.97 Å². The third kappa shape index (κ3) is 3.61. The minimum Gasteiger partial charge on any atom is -0.465 e. The molecule has 2 aromatic rings. The van der Waals surface area contributed by atoms with Crippen LogP contribution >= 0.6 is 11.3 Å². The molecule has 132 valence electrons. The fraction of sp³-hybridized carbons (Fsp3) is 0.400. The number of hydrogen-bond acceptors (Lipinski definition) is 4. The summed E-state index contributed by atoms with van der Waals surface area (Å²) in [5.74, 6) is 0.110. The lowest BCUT2D eigenvalue weighted by Gasteiger charge is -2.10. The van der Waals surface area contributed by atoms with E-state index >= 15 is 0 Å². The molecule has 0 unspecified atom stereocenters. The van der Waals surface area contributed by atoms with Crippen LogP contribution in [0.4, 0.5) is 5.00 Å². The van der Waals surface area contributed by atoms with Crippen molar-refractivity contribution in [3.8, 4) is 11.1 Å². The highest BCUT2D eigenvalue weighted by atomic mass is 32.1. The average Bonchev–Trinajstić information content (AvgIpc) is 3.39. The normalized spacial score (nSPS) is 13.8. The van der Waals surface area contributed by atoms with Crippen molar-refractivity contribution in [3.63, 3.8) is 0 Å². The van der Waals surface area contributed by atoms with E-state index in [1.54, 1.807) is 0 Å². The second-order valence-corrected chi connectivity index (χ2v) is 7.99. The van der Waals surface area contributed by atoms with E-state index in [0.29, 0.717) is 16.5 Å². The predicted octanol–water partition coefficient (Wildman–Crippen LogP) is 4.98. The number of thiophene rings is 1. The molecule has 1 fully saturated rings. The second kappa shape index (κ2) is 7.00. The first-order chi connectivity index (χ1) is 11.9. The van der Waals surface area contributed by atoms with Gasteiger partial charge in [0.25, 0.3) is 0 Å². The van der Waals surface area contributed by atoms with Gasteiger partial charge in [-0.1, -0.05) is 38.1 Å². The summed E-state index contributed by atoms with van der Waals surface area (Å²) in [4.78, 5) is 25.6. The zero-order valence-corrected chi connectivity index (χ0v) is 15.8. The molecule has 0 radical (unpaired) electrons. The van der Waals surface area contributed by atoms with Gasteiger partial charge < -0.3 is 10.1 Å². The molecule has 1 aromatic heterocycles. The number of hydrogen-bond donors (Lipinski definition) is 1. The van der Waals surface area contributed by atoms with Crippen LogP contribution in [-0.2, 0) is 9.53 Å². The van der Waals surface area contributed by atoms with Gasteiger partial charge in [0.15, 0.2) is 0 Å². The van der Waals surface area contributed by atoms with Crippen molar-refractivity contribution in [3.05, 3.63) is 40.3 Å². The number of anilines is 1.